The molecule has 0 spiro atoms. The predicted molar refractivity (Wildman–Crippen MR) is 64.2 cm³/mol. The van der Waals surface area contributed by atoms with Crippen LogP contribution in [0, 0.1) is 0 Å². The van der Waals surface area contributed by atoms with E-state index in [0.717, 1.165) is 5.75 Å². The summed E-state index contributed by atoms with van der Waals surface area (Å²) in [6, 6.07) is 6.81. The summed E-state index contributed by atoms with van der Waals surface area (Å²) in [6.45, 7) is 4.14. The molecule has 0 aliphatic carbocycles. The van der Waals surface area contributed by atoms with Gasteiger partial charge in [0.05, 0.1) is 18.3 Å². The summed E-state index contributed by atoms with van der Waals surface area (Å²) >= 11 is 0. The number of esters is 1. The second-order valence-corrected chi connectivity index (χ2v) is 3.90. The molecule has 1 N–H and O–H groups in total. The molecule has 4 heteroatoms. The minimum Gasteiger partial charge on any atom is -0.491 e. The Morgan fingerprint density at radius 2 is 1.94 bits per heavy atom. The van der Waals surface area contributed by atoms with E-state index in [2.05, 4.69) is 0 Å². The number of ether oxygens (including phenoxy) is 2. The predicted octanol–water partition coefficient (Wildman–Crippen LogP) is 2.01. The Morgan fingerprint density at radius 3 is 2.47 bits per heavy atom. The average Bonchev–Trinajstić information content (AvgIpc) is 2.29. The van der Waals surface area contributed by atoms with Crippen molar-refractivity contribution in [1.82, 2.24) is 0 Å². The highest BCUT2D eigenvalue weighted by Crippen LogP contribution is 2.14. The molecule has 1 aromatic carbocycles. The first-order valence-corrected chi connectivity index (χ1v) is 5.68. The molecule has 0 heterocycles. The lowest BCUT2D eigenvalue weighted by molar-refractivity contribution is 0.0482. The van der Waals surface area contributed by atoms with Crippen molar-refractivity contribution < 1.29 is 19.4 Å². The summed E-state index contributed by atoms with van der Waals surface area (Å²) in [5, 5.41) is 8.56. The third-order valence-electron chi connectivity index (χ3n) is 2.00. The number of benzene rings is 1. The Hall–Kier alpha value is -1.55. The molecule has 0 saturated carbocycles. The van der Waals surface area contributed by atoms with Crippen LogP contribution in [0.4, 0.5) is 0 Å². The minimum atomic E-state index is -0.380. The lowest BCUT2D eigenvalue weighted by atomic mass is 10.2. The largest absolute Gasteiger partial charge is 0.491 e. The van der Waals surface area contributed by atoms with Gasteiger partial charge in [0.1, 0.15) is 5.75 Å². The first-order chi connectivity index (χ1) is 8.13. The van der Waals surface area contributed by atoms with Crippen molar-refractivity contribution in [2.75, 3.05) is 13.2 Å². The maximum absolute atomic E-state index is 11.5. The zero-order valence-electron chi connectivity index (χ0n) is 10.2. The molecule has 0 aromatic heterocycles. The topological polar surface area (TPSA) is 55.8 Å². The fourth-order valence-corrected chi connectivity index (χ4v) is 1.25. The number of carbonyl (C=O) groups excluding carboxylic acids is 1. The maximum Gasteiger partial charge on any atom is 0.338 e. The molecule has 0 amide bonds. The van der Waals surface area contributed by atoms with Crippen molar-refractivity contribution in [3.05, 3.63) is 29.8 Å². The number of aliphatic hydroxyl groups is 1. The molecule has 17 heavy (non-hydrogen) atoms. The number of carbonyl (C=O) groups is 1. The van der Waals surface area contributed by atoms with Gasteiger partial charge in [-0.1, -0.05) is 0 Å². The Kier molecular flexibility index (Phi) is 5.49. The van der Waals surface area contributed by atoms with Gasteiger partial charge in [0.15, 0.2) is 0 Å². The third kappa shape index (κ3) is 4.87. The van der Waals surface area contributed by atoms with Gasteiger partial charge in [0, 0.05) is 13.0 Å². The van der Waals surface area contributed by atoms with E-state index in [1.165, 1.54) is 0 Å². The molecule has 1 rings (SSSR count). The minimum absolute atomic E-state index is 0.0223. The van der Waals surface area contributed by atoms with Crippen LogP contribution in [0.15, 0.2) is 24.3 Å². The molecule has 0 aliphatic heterocycles. The number of rotatable bonds is 6. The molecule has 94 valence electrons. The molecule has 0 fully saturated rings. The summed E-state index contributed by atoms with van der Waals surface area (Å²) in [4.78, 5) is 11.5. The highest BCUT2D eigenvalue weighted by Gasteiger charge is 2.07. The maximum atomic E-state index is 11.5. The number of hydrogen-bond acceptors (Lipinski definition) is 4. The zero-order chi connectivity index (χ0) is 12.7. The molecular formula is C13H18O4. The van der Waals surface area contributed by atoms with Gasteiger partial charge in [-0.25, -0.2) is 4.79 Å². The molecule has 0 atom stereocenters. The van der Waals surface area contributed by atoms with Crippen LogP contribution in [0.3, 0.4) is 0 Å². The van der Waals surface area contributed by atoms with Crippen molar-refractivity contribution in [2.45, 2.75) is 26.4 Å². The monoisotopic (exact) mass is 238 g/mol. The van der Waals surface area contributed by atoms with Crippen molar-refractivity contribution >= 4 is 5.97 Å². The highest BCUT2D eigenvalue weighted by atomic mass is 16.5. The van der Waals surface area contributed by atoms with Crippen LogP contribution in [0.25, 0.3) is 0 Å². The fraction of sp³-hybridized carbons (Fsp3) is 0.462. The van der Waals surface area contributed by atoms with Crippen LogP contribution in [0.2, 0.25) is 0 Å². The van der Waals surface area contributed by atoms with E-state index >= 15 is 0 Å². The van der Waals surface area contributed by atoms with E-state index < -0.39 is 0 Å². The average molecular weight is 238 g/mol. The lowest BCUT2D eigenvalue weighted by Crippen LogP contribution is -2.08. The molecule has 1 aromatic rings. The van der Waals surface area contributed by atoms with E-state index in [1.807, 2.05) is 13.8 Å². The Balaban J connectivity index is 2.52. The molecule has 0 saturated heterocycles. The number of aliphatic hydroxyl groups excluding tert-OH is 1. The highest BCUT2D eigenvalue weighted by molar-refractivity contribution is 5.89. The van der Waals surface area contributed by atoms with Gasteiger partial charge in [0.25, 0.3) is 0 Å². The van der Waals surface area contributed by atoms with Crippen molar-refractivity contribution in [1.29, 1.82) is 0 Å². The van der Waals surface area contributed by atoms with Crippen LogP contribution in [-0.4, -0.2) is 30.4 Å². The normalized spacial score (nSPS) is 10.4. The molecular weight excluding hydrogens is 220 g/mol. The van der Waals surface area contributed by atoms with Gasteiger partial charge < -0.3 is 14.6 Å². The van der Waals surface area contributed by atoms with E-state index in [-0.39, 0.29) is 25.3 Å². The quantitative estimate of drug-likeness (QED) is 0.608. The van der Waals surface area contributed by atoms with Gasteiger partial charge in [-0.2, -0.15) is 0 Å². The van der Waals surface area contributed by atoms with Crippen LogP contribution < -0.4 is 4.74 Å². The van der Waals surface area contributed by atoms with Crippen molar-refractivity contribution in [2.24, 2.45) is 0 Å². The summed E-state index contributed by atoms with van der Waals surface area (Å²) in [5.74, 6) is 0.349. The smallest absolute Gasteiger partial charge is 0.338 e. The van der Waals surface area contributed by atoms with E-state index in [0.29, 0.717) is 12.0 Å². The van der Waals surface area contributed by atoms with Gasteiger partial charge >= 0.3 is 5.97 Å². The summed E-state index contributed by atoms with van der Waals surface area (Å²) in [5.41, 5.74) is 0.485. The summed E-state index contributed by atoms with van der Waals surface area (Å²) < 4.78 is 10.4. The van der Waals surface area contributed by atoms with Gasteiger partial charge in [0.2, 0.25) is 0 Å². The van der Waals surface area contributed by atoms with Crippen LogP contribution >= 0.6 is 0 Å². The first kappa shape index (κ1) is 13.5. The molecule has 0 aliphatic rings. The third-order valence-corrected chi connectivity index (χ3v) is 2.00. The Morgan fingerprint density at radius 1 is 1.29 bits per heavy atom. The second kappa shape index (κ2) is 6.91. The Labute approximate surface area is 101 Å². The lowest BCUT2D eigenvalue weighted by Gasteiger charge is -2.09. The standard InChI is InChI=1S/C13H18O4/c1-10(2)17-12-6-4-11(5-7-12)13(15)16-9-3-8-14/h4-7,10,14H,3,8-9H2,1-2H3. The van der Waals surface area contributed by atoms with E-state index in [1.54, 1.807) is 24.3 Å². The summed E-state index contributed by atoms with van der Waals surface area (Å²) in [7, 11) is 0. The van der Waals surface area contributed by atoms with Crippen molar-refractivity contribution in [3.63, 3.8) is 0 Å². The van der Waals surface area contributed by atoms with Gasteiger partial charge in [-0.05, 0) is 38.1 Å². The van der Waals surface area contributed by atoms with Crippen LogP contribution in [0.5, 0.6) is 5.75 Å². The van der Waals surface area contributed by atoms with Crippen molar-refractivity contribution in [3.8, 4) is 5.75 Å². The van der Waals surface area contributed by atoms with Gasteiger partial charge in [-0.15, -0.1) is 0 Å². The first-order valence-electron chi connectivity index (χ1n) is 5.68. The second-order valence-electron chi connectivity index (χ2n) is 3.90. The molecule has 4 nitrogen and oxygen atoms in total. The molecule has 0 bridgehead atoms. The van der Waals surface area contributed by atoms with Crippen LogP contribution in [0.1, 0.15) is 30.6 Å². The fourth-order valence-electron chi connectivity index (χ4n) is 1.25. The Bertz CT molecular complexity index is 343. The SMILES string of the molecule is CC(C)Oc1ccc(C(=O)OCCCO)cc1. The van der Waals surface area contributed by atoms with E-state index in [9.17, 15) is 4.79 Å². The van der Waals surface area contributed by atoms with Crippen LogP contribution in [-0.2, 0) is 4.74 Å². The zero-order valence-corrected chi connectivity index (χ0v) is 10.2. The molecule has 0 radical (unpaired) electrons. The van der Waals surface area contributed by atoms with E-state index in [4.69, 9.17) is 14.6 Å². The molecule has 0 unspecified atom stereocenters. The number of hydrogen-bond donors (Lipinski definition) is 1. The summed E-state index contributed by atoms with van der Waals surface area (Å²) in [6.07, 6.45) is 0.567. The van der Waals surface area contributed by atoms with Gasteiger partial charge in [-0.3, -0.25) is 0 Å².